The van der Waals surface area contributed by atoms with Gasteiger partial charge in [-0.05, 0) is 91.6 Å². The molecule has 17 heavy (non-hydrogen) atoms. The van der Waals surface area contributed by atoms with Crippen LogP contribution in [-0.4, -0.2) is 5.24 Å². The monoisotopic (exact) mass is 250 g/mol. The third-order valence-corrected chi connectivity index (χ3v) is 7.79. The molecule has 4 unspecified atom stereocenters. The van der Waals surface area contributed by atoms with Gasteiger partial charge in [-0.3, -0.25) is 4.79 Å². The van der Waals surface area contributed by atoms with Crippen molar-refractivity contribution in [3.63, 3.8) is 0 Å². The average Bonchev–Trinajstić information content (AvgIpc) is 2.34. The first-order valence-electron chi connectivity index (χ1n) is 7.40. The number of carbonyl (C=O) groups excluding carboxylic acids is 1. The molecular formula is C15H19ClO. The van der Waals surface area contributed by atoms with Crippen molar-refractivity contribution in [2.45, 2.75) is 38.5 Å². The molecule has 0 saturated heterocycles. The Morgan fingerprint density at radius 1 is 0.882 bits per heavy atom. The minimum atomic E-state index is -0.0501. The van der Waals surface area contributed by atoms with E-state index < -0.39 is 0 Å². The highest BCUT2D eigenvalue weighted by atomic mass is 35.5. The molecule has 0 spiro atoms. The van der Waals surface area contributed by atoms with Crippen LogP contribution in [0.2, 0.25) is 0 Å². The molecule has 0 amide bonds. The summed E-state index contributed by atoms with van der Waals surface area (Å²) in [5.74, 6) is 5.89. The van der Waals surface area contributed by atoms with Crippen LogP contribution in [0.15, 0.2) is 0 Å². The van der Waals surface area contributed by atoms with Gasteiger partial charge in [0.2, 0.25) is 5.24 Å². The van der Waals surface area contributed by atoms with E-state index >= 15 is 0 Å². The Labute approximate surface area is 107 Å². The molecule has 0 radical (unpaired) electrons. The molecule has 7 saturated carbocycles. The highest BCUT2D eigenvalue weighted by molar-refractivity contribution is 6.64. The molecule has 7 fully saturated rings. The zero-order chi connectivity index (χ0) is 11.4. The van der Waals surface area contributed by atoms with E-state index in [1.807, 2.05) is 0 Å². The van der Waals surface area contributed by atoms with Crippen LogP contribution in [0.25, 0.3) is 0 Å². The first-order valence-corrected chi connectivity index (χ1v) is 7.78. The van der Waals surface area contributed by atoms with Crippen molar-refractivity contribution in [3.05, 3.63) is 0 Å². The van der Waals surface area contributed by atoms with E-state index in [-0.39, 0.29) is 10.7 Å². The molecule has 0 heterocycles. The topological polar surface area (TPSA) is 17.1 Å². The molecule has 7 rings (SSSR count). The van der Waals surface area contributed by atoms with Gasteiger partial charge in [-0.25, -0.2) is 0 Å². The number of hydrogen-bond acceptors (Lipinski definition) is 1. The van der Waals surface area contributed by atoms with Crippen LogP contribution in [0, 0.1) is 46.8 Å². The van der Waals surface area contributed by atoms with Gasteiger partial charge in [0.15, 0.2) is 0 Å². The number of halogens is 1. The predicted molar refractivity (Wildman–Crippen MR) is 65.4 cm³/mol. The number of hydrogen-bond donors (Lipinski definition) is 0. The molecule has 7 aliphatic rings. The Bertz CT molecular complexity index is 393. The second-order valence-electron chi connectivity index (χ2n) is 7.63. The summed E-state index contributed by atoms with van der Waals surface area (Å²) < 4.78 is 0. The van der Waals surface area contributed by atoms with Crippen molar-refractivity contribution in [2.75, 3.05) is 0 Å². The van der Waals surface area contributed by atoms with E-state index in [0.717, 1.165) is 36.0 Å². The Kier molecular flexibility index (Phi) is 1.60. The number of rotatable bonds is 1. The maximum absolute atomic E-state index is 12.2. The Hall–Kier alpha value is -0.0400. The SMILES string of the molecule is O=C(Cl)C12CC3CC4C5CC(CC41)CC2C5C3. The van der Waals surface area contributed by atoms with Gasteiger partial charge in [0, 0.05) is 0 Å². The fraction of sp³-hybridized carbons (Fsp3) is 0.933. The van der Waals surface area contributed by atoms with Crippen molar-refractivity contribution >= 4 is 16.8 Å². The van der Waals surface area contributed by atoms with Crippen LogP contribution in [-0.2, 0) is 4.79 Å². The molecule has 2 heteroatoms. The molecule has 7 aliphatic carbocycles. The summed E-state index contributed by atoms with van der Waals surface area (Å²) in [6.07, 6.45) is 8.15. The summed E-state index contributed by atoms with van der Waals surface area (Å²) in [4.78, 5) is 12.2. The average molecular weight is 251 g/mol. The summed E-state index contributed by atoms with van der Waals surface area (Å²) in [6.45, 7) is 0. The predicted octanol–water partition coefficient (Wildman–Crippen LogP) is 3.46. The summed E-state index contributed by atoms with van der Waals surface area (Å²) in [7, 11) is 0. The van der Waals surface area contributed by atoms with Gasteiger partial charge in [-0.15, -0.1) is 0 Å². The van der Waals surface area contributed by atoms with Crippen LogP contribution < -0.4 is 0 Å². The third kappa shape index (κ3) is 0.895. The zero-order valence-electron chi connectivity index (χ0n) is 10.1. The lowest BCUT2D eigenvalue weighted by Crippen LogP contribution is -2.69. The van der Waals surface area contributed by atoms with Gasteiger partial charge in [-0.2, -0.15) is 0 Å². The van der Waals surface area contributed by atoms with E-state index in [1.54, 1.807) is 0 Å². The molecule has 0 aromatic carbocycles. The molecule has 1 nitrogen and oxygen atoms in total. The van der Waals surface area contributed by atoms with E-state index in [4.69, 9.17) is 11.6 Å². The minimum absolute atomic E-state index is 0.0469. The summed E-state index contributed by atoms with van der Waals surface area (Å²) in [5.41, 5.74) is -0.0501. The molecule has 0 aromatic rings. The zero-order valence-corrected chi connectivity index (χ0v) is 10.8. The fourth-order valence-corrected chi connectivity index (χ4v) is 7.69. The summed E-state index contributed by atoms with van der Waals surface area (Å²) in [6, 6.07) is 0. The maximum atomic E-state index is 12.2. The van der Waals surface area contributed by atoms with Gasteiger partial charge >= 0.3 is 0 Å². The van der Waals surface area contributed by atoms with E-state index in [1.165, 1.54) is 32.1 Å². The normalized spacial score (nSPS) is 65.6. The second kappa shape index (κ2) is 2.76. The lowest BCUT2D eigenvalue weighted by Gasteiger charge is -2.73. The Balaban J connectivity index is 1.73. The standard InChI is InChI=1S/C15H19ClO/c16-14(17)15-6-8-2-10-9-1-7(4-12(10)15)5-13(15)11(9)3-8/h7-13H,1-6H2. The van der Waals surface area contributed by atoms with Gasteiger partial charge in [0.05, 0.1) is 5.41 Å². The van der Waals surface area contributed by atoms with Crippen LogP contribution in [0.3, 0.4) is 0 Å². The minimum Gasteiger partial charge on any atom is -0.281 e. The van der Waals surface area contributed by atoms with Crippen LogP contribution in [0.1, 0.15) is 38.5 Å². The van der Waals surface area contributed by atoms with Crippen molar-refractivity contribution in [2.24, 2.45) is 46.8 Å². The van der Waals surface area contributed by atoms with Crippen LogP contribution in [0.4, 0.5) is 0 Å². The first-order chi connectivity index (χ1) is 8.20. The van der Waals surface area contributed by atoms with E-state index in [0.29, 0.717) is 11.8 Å². The quantitative estimate of drug-likeness (QED) is 0.652. The third-order valence-electron chi connectivity index (χ3n) is 7.44. The first kappa shape index (κ1) is 9.83. The summed E-state index contributed by atoms with van der Waals surface area (Å²) >= 11 is 6.12. The number of carbonyl (C=O) groups is 1. The summed E-state index contributed by atoms with van der Waals surface area (Å²) in [5, 5.41) is 0.0469. The molecule has 0 N–H and O–H groups in total. The maximum Gasteiger partial charge on any atom is 0.228 e. The van der Waals surface area contributed by atoms with Crippen molar-refractivity contribution in [1.29, 1.82) is 0 Å². The highest BCUT2D eigenvalue weighted by Crippen LogP contribution is 2.76. The van der Waals surface area contributed by atoms with Gasteiger partial charge < -0.3 is 0 Å². The molecular weight excluding hydrogens is 232 g/mol. The lowest BCUT2D eigenvalue weighted by molar-refractivity contribution is -0.243. The lowest BCUT2D eigenvalue weighted by atomic mass is 9.31. The largest absolute Gasteiger partial charge is 0.281 e. The van der Waals surface area contributed by atoms with Crippen LogP contribution in [0.5, 0.6) is 0 Å². The van der Waals surface area contributed by atoms with Crippen molar-refractivity contribution in [3.8, 4) is 0 Å². The molecule has 0 aromatic heterocycles. The highest BCUT2D eigenvalue weighted by Gasteiger charge is 2.71. The van der Waals surface area contributed by atoms with Crippen molar-refractivity contribution in [1.82, 2.24) is 0 Å². The fourth-order valence-electron chi connectivity index (χ4n) is 7.33. The Morgan fingerprint density at radius 3 is 2.06 bits per heavy atom. The van der Waals surface area contributed by atoms with Crippen molar-refractivity contribution < 1.29 is 4.79 Å². The van der Waals surface area contributed by atoms with E-state index in [9.17, 15) is 4.79 Å². The molecule has 92 valence electrons. The van der Waals surface area contributed by atoms with Gasteiger partial charge in [0.1, 0.15) is 0 Å². The van der Waals surface area contributed by atoms with E-state index in [2.05, 4.69) is 0 Å². The van der Waals surface area contributed by atoms with Gasteiger partial charge in [-0.1, -0.05) is 0 Å². The molecule has 4 atom stereocenters. The second-order valence-corrected chi connectivity index (χ2v) is 7.98. The molecule has 8 bridgehead atoms. The smallest absolute Gasteiger partial charge is 0.228 e. The Morgan fingerprint density at radius 2 is 1.47 bits per heavy atom. The molecule has 0 aliphatic heterocycles. The van der Waals surface area contributed by atoms with Gasteiger partial charge in [0.25, 0.3) is 0 Å². The van der Waals surface area contributed by atoms with Crippen LogP contribution >= 0.6 is 11.6 Å².